The van der Waals surface area contributed by atoms with Crippen LogP contribution in [-0.4, -0.2) is 23.8 Å². The summed E-state index contributed by atoms with van der Waals surface area (Å²) in [5, 5.41) is 0.936. The molecule has 0 atom stereocenters. The quantitative estimate of drug-likeness (QED) is 0.686. The molecule has 0 saturated heterocycles. The van der Waals surface area contributed by atoms with Gasteiger partial charge in [-0.15, -0.1) is 0 Å². The summed E-state index contributed by atoms with van der Waals surface area (Å²) in [7, 11) is 0. The van der Waals surface area contributed by atoms with E-state index in [0.717, 1.165) is 22.3 Å². The molecule has 2 aromatic rings. The first-order valence-corrected chi connectivity index (χ1v) is 6.79. The summed E-state index contributed by atoms with van der Waals surface area (Å²) in [6.45, 7) is 9.09. The van der Waals surface area contributed by atoms with Crippen LogP contribution in [0.3, 0.4) is 0 Å². The van der Waals surface area contributed by atoms with E-state index in [0.29, 0.717) is 18.9 Å². The molecule has 0 aliphatic rings. The highest BCUT2D eigenvalue weighted by Crippen LogP contribution is 2.27. The number of fused-ring (bicyclic) bond motifs is 1. The molecule has 0 radical (unpaired) electrons. The number of nitrogens with zero attached hydrogens (tertiary/aromatic N) is 1. The molecule has 20 heavy (non-hydrogen) atoms. The molecule has 0 fully saturated rings. The van der Waals surface area contributed by atoms with E-state index in [4.69, 9.17) is 15.2 Å². The summed E-state index contributed by atoms with van der Waals surface area (Å²) >= 11 is 0. The predicted octanol–water partition coefficient (Wildman–Crippen LogP) is 3.32. The Balaban J connectivity index is 2.14. The van der Waals surface area contributed by atoms with Gasteiger partial charge in [-0.2, -0.15) is 0 Å². The van der Waals surface area contributed by atoms with Gasteiger partial charge in [0.25, 0.3) is 0 Å². The number of pyridine rings is 1. The number of ether oxygens (including phenoxy) is 2. The average molecular weight is 274 g/mol. The number of nitrogens with two attached hydrogens (primary N) is 1. The number of benzene rings is 1. The van der Waals surface area contributed by atoms with Crippen LogP contribution in [0.5, 0.6) is 5.75 Å². The largest absolute Gasteiger partial charge is 0.490 e. The Hall–Kier alpha value is -1.81. The third kappa shape index (κ3) is 3.84. The molecular weight excluding hydrogens is 252 g/mol. The summed E-state index contributed by atoms with van der Waals surface area (Å²) in [5.41, 5.74) is 8.21. The molecule has 108 valence electrons. The van der Waals surface area contributed by atoms with Gasteiger partial charge in [0.2, 0.25) is 0 Å². The molecule has 0 bridgehead atoms. The normalized spacial score (nSPS) is 11.8. The zero-order chi connectivity index (χ0) is 14.8. The first-order valence-electron chi connectivity index (χ1n) is 6.79. The molecule has 4 heteroatoms. The van der Waals surface area contributed by atoms with Gasteiger partial charge in [-0.05, 0) is 45.9 Å². The number of hydrogen-bond acceptors (Lipinski definition) is 4. The molecule has 1 aromatic carbocycles. The molecule has 0 spiro atoms. The molecule has 1 heterocycles. The van der Waals surface area contributed by atoms with E-state index in [-0.39, 0.29) is 5.60 Å². The van der Waals surface area contributed by atoms with E-state index in [2.05, 4.69) is 4.98 Å². The molecule has 1 aromatic heterocycles. The monoisotopic (exact) mass is 274 g/mol. The molecular formula is C16H22N2O2. The Kier molecular flexibility index (Phi) is 4.14. The maximum Gasteiger partial charge on any atom is 0.130 e. The lowest BCUT2D eigenvalue weighted by Gasteiger charge is -2.19. The van der Waals surface area contributed by atoms with Crippen LogP contribution >= 0.6 is 0 Å². The fourth-order valence-electron chi connectivity index (χ4n) is 1.96. The maximum absolute atomic E-state index is 5.83. The minimum Gasteiger partial charge on any atom is -0.490 e. The number of aryl methyl sites for hydroxylation is 1. The number of hydrogen-bond donors (Lipinski definition) is 1. The van der Waals surface area contributed by atoms with Crippen LogP contribution in [-0.2, 0) is 4.74 Å². The minimum atomic E-state index is -0.149. The van der Waals surface area contributed by atoms with Crippen molar-refractivity contribution in [3.63, 3.8) is 0 Å². The van der Waals surface area contributed by atoms with Crippen molar-refractivity contribution in [3.8, 4) is 5.75 Å². The van der Waals surface area contributed by atoms with E-state index in [9.17, 15) is 0 Å². The SMILES string of the molecule is Cc1cc(OCCOC(C)(C)C)c2cc(N)ccc2n1. The fourth-order valence-corrected chi connectivity index (χ4v) is 1.96. The van der Waals surface area contributed by atoms with Gasteiger partial charge in [0.15, 0.2) is 0 Å². The second-order valence-electron chi connectivity index (χ2n) is 5.85. The third-order valence-electron chi connectivity index (χ3n) is 2.80. The highest BCUT2D eigenvalue weighted by Gasteiger charge is 2.10. The zero-order valence-electron chi connectivity index (χ0n) is 12.6. The highest BCUT2D eigenvalue weighted by atomic mass is 16.5. The Bertz CT molecular complexity index is 603. The molecule has 0 unspecified atom stereocenters. The lowest BCUT2D eigenvalue weighted by atomic mass is 10.1. The van der Waals surface area contributed by atoms with E-state index in [1.807, 2.05) is 52.0 Å². The Morgan fingerprint density at radius 1 is 1.15 bits per heavy atom. The highest BCUT2D eigenvalue weighted by molar-refractivity contribution is 5.87. The van der Waals surface area contributed by atoms with Gasteiger partial charge in [-0.1, -0.05) is 0 Å². The topological polar surface area (TPSA) is 57.4 Å². The second kappa shape index (κ2) is 5.67. The first-order chi connectivity index (χ1) is 9.35. The van der Waals surface area contributed by atoms with Crippen molar-refractivity contribution in [1.29, 1.82) is 0 Å². The fraction of sp³-hybridized carbons (Fsp3) is 0.438. The predicted molar refractivity (Wildman–Crippen MR) is 82.1 cm³/mol. The molecule has 0 aliphatic heterocycles. The number of nitrogen functional groups attached to an aromatic ring is 1. The lowest BCUT2D eigenvalue weighted by Crippen LogP contribution is -2.22. The summed E-state index contributed by atoms with van der Waals surface area (Å²) in [4.78, 5) is 4.48. The number of rotatable bonds is 4. The van der Waals surface area contributed by atoms with Crippen LogP contribution in [0.2, 0.25) is 0 Å². The van der Waals surface area contributed by atoms with Crippen LogP contribution in [0.15, 0.2) is 24.3 Å². The van der Waals surface area contributed by atoms with Gasteiger partial charge in [0, 0.05) is 22.8 Å². The maximum atomic E-state index is 5.83. The molecule has 4 nitrogen and oxygen atoms in total. The third-order valence-corrected chi connectivity index (χ3v) is 2.80. The van der Waals surface area contributed by atoms with Gasteiger partial charge in [-0.3, -0.25) is 4.98 Å². The van der Waals surface area contributed by atoms with Crippen molar-refractivity contribution >= 4 is 16.6 Å². The van der Waals surface area contributed by atoms with Crippen molar-refractivity contribution in [3.05, 3.63) is 30.0 Å². The van der Waals surface area contributed by atoms with Gasteiger partial charge in [0.1, 0.15) is 12.4 Å². The van der Waals surface area contributed by atoms with Crippen molar-refractivity contribution in [2.45, 2.75) is 33.3 Å². The molecule has 2 rings (SSSR count). The average Bonchev–Trinajstić information content (AvgIpc) is 2.34. The van der Waals surface area contributed by atoms with E-state index in [1.54, 1.807) is 0 Å². The van der Waals surface area contributed by atoms with Crippen molar-refractivity contribution in [1.82, 2.24) is 4.98 Å². The Morgan fingerprint density at radius 3 is 2.60 bits per heavy atom. The lowest BCUT2D eigenvalue weighted by molar-refractivity contribution is -0.0161. The molecule has 0 amide bonds. The van der Waals surface area contributed by atoms with Crippen LogP contribution in [0.1, 0.15) is 26.5 Å². The molecule has 2 N–H and O–H groups in total. The molecule has 0 aliphatic carbocycles. The first kappa shape index (κ1) is 14.6. The van der Waals surface area contributed by atoms with E-state index >= 15 is 0 Å². The smallest absolute Gasteiger partial charge is 0.130 e. The van der Waals surface area contributed by atoms with Crippen LogP contribution in [0, 0.1) is 6.92 Å². The van der Waals surface area contributed by atoms with Gasteiger partial charge in [-0.25, -0.2) is 0 Å². The summed E-state index contributed by atoms with van der Waals surface area (Å²) in [6.07, 6.45) is 0. The number of aromatic nitrogens is 1. The van der Waals surface area contributed by atoms with Crippen LogP contribution in [0.25, 0.3) is 10.9 Å². The molecule has 0 saturated carbocycles. The zero-order valence-corrected chi connectivity index (χ0v) is 12.6. The Labute approximate surface area is 119 Å². The number of anilines is 1. The van der Waals surface area contributed by atoms with Crippen LogP contribution < -0.4 is 10.5 Å². The standard InChI is InChI=1S/C16H22N2O2/c1-11-9-15(19-7-8-20-16(2,3)4)13-10-12(17)5-6-14(13)18-11/h5-6,9-10H,7-8,17H2,1-4H3. The second-order valence-corrected chi connectivity index (χ2v) is 5.85. The van der Waals surface area contributed by atoms with Crippen molar-refractivity contribution in [2.75, 3.05) is 18.9 Å². The minimum absolute atomic E-state index is 0.149. The van der Waals surface area contributed by atoms with Gasteiger partial charge in [0.05, 0.1) is 17.7 Å². The summed E-state index contributed by atoms with van der Waals surface area (Å²) in [5.74, 6) is 0.803. The van der Waals surface area contributed by atoms with E-state index < -0.39 is 0 Å². The van der Waals surface area contributed by atoms with Crippen molar-refractivity contribution < 1.29 is 9.47 Å². The summed E-state index contributed by atoms with van der Waals surface area (Å²) in [6, 6.07) is 7.58. The Morgan fingerprint density at radius 2 is 1.90 bits per heavy atom. The van der Waals surface area contributed by atoms with Gasteiger partial charge < -0.3 is 15.2 Å². The van der Waals surface area contributed by atoms with Crippen LogP contribution in [0.4, 0.5) is 5.69 Å². The van der Waals surface area contributed by atoms with E-state index in [1.165, 1.54) is 0 Å². The van der Waals surface area contributed by atoms with Gasteiger partial charge >= 0.3 is 0 Å². The summed E-state index contributed by atoms with van der Waals surface area (Å²) < 4.78 is 11.5. The van der Waals surface area contributed by atoms with Crippen molar-refractivity contribution in [2.24, 2.45) is 0 Å².